The zero-order valence-corrected chi connectivity index (χ0v) is 21.3. The summed E-state index contributed by atoms with van der Waals surface area (Å²) in [5.41, 5.74) is 2.30. The Balaban J connectivity index is 1.64. The second-order valence-electron chi connectivity index (χ2n) is 7.78. The molecule has 2 aliphatic heterocycles. The van der Waals surface area contributed by atoms with E-state index in [0.717, 1.165) is 17.0 Å². The number of rotatable bonds is 6. The maximum Gasteiger partial charge on any atom is 0.365 e. The SMILES string of the molecule is CCOC(=O)C1=NN(c2ccccc2)C2(S1)S/C(=C\c1ccc(OC)cc1)C(=O)N2c1ccccc1. The fraction of sp³-hybridized carbons (Fsp3) is 0.148. The van der Waals surface area contributed by atoms with Gasteiger partial charge in [0, 0.05) is 5.69 Å². The Labute approximate surface area is 217 Å². The van der Waals surface area contributed by atoms with Crippen molar-refractivity contribution in [3.8, 4) is 5.75 Å². The molecule has 0 saturated carbocycles. The highest BCUT2D eigenvalue weighted by Gasteiger charge is 2.60. The van der Waals surface area contributed by atoms with Crippen LogP contribution in [0.2, 0.25) is 0 Å². The van der Waals surface area contributed by atoms with Crippen LogP contribution < -0.4 is 14.6 Å². The van der Waals surface area contributed by atoms with Crippen molar-refractivity contribution in [1.29, 1.82) is 0 Å². The minimum absolute atomic E-state index is 0.184. The molecule has 36 heavy (non-hydrogen) atoms. The second-order valence-corrected chi connectivity index (χ2v) is 10.4. The van der Waals surface area contributed by atoms with Crippen molar-refractivity contribution in [3.63, 3.8) is 0 Å². The summed E-state index contributed by atoms with van der Waals surface area (Å²) >= 11 is 2.56. The molecule has 5 rings (SSSR count). The van der Waals surface area contributed by atoms with Gasteiger partial charge in [-0.3, -0.25) is 9.69 Å². The molecule has 1 unspecified atom stereocenters. The third-order valence-electron chi connectivity index (χ3n) is 5.51. The van der Waals surface area contributed by atoms with Crippen LogP contribution in [-0.2, 0) is 14.3 Å². The molecule has 1 spiro atoms. The average Bonchev–Trinajstić information content (AvgIpc) is 3.42. The average molecular weight is 518 g/mol. The van der Waals surface area contributed by atoms with Crippen LogP contribution >= 0.6 is 23.5 Å². The molecule has 182 valence electrons. The molecular weight excluding hydrogens is 494 g/mol. The Morgan fingerprint density at radius 2 is 1.58 bits per heavy atom. The van der Waals surface area contributed by atoms with E-state index in [1.165, 1.54) is 23.5 Å². The summed E-state index contributed by atoms with van der Waals surface area (Å²) in [4.78, 5) is 29.0. The van der Waals surface area contributed by atoms with Gasteiger partial charge >= 0.3 is 5.97 Å². The van der Waals surface area contributed by atoms with Crippen LogP contribution in [-0.4, -0.2) is 35.0 Å². The van der Waals surface area contributed by atoms with Gasteiger partial charge in [0.25, 0.3) is 5.91 Å². The molecule has 0 bridgehead atoms. The number of benzene rings is 3. The molecule has 1 amide bonds. The Morgan fingerprint density at radius 1 is 0.944 bits per heavy atom. The summed E-state index contributed by atoms with van der Waals surface area (Å²) in [5.74, 6) is 0.0312. The first-order valence-corrected chi connectivity index (χ1v) is 12.9. The van der Waals surface area contributed by atoms with Gasteiger partial charge in [-0.2, -0.15) is 5.10 Å². The third kappa shape index (κ3) is 4.36. The molecule has 9 heteroatoms. The number of thioether (sulfide) groups is 2. The molecule has 1 saturated heterocycles. The number of esters is 1. The lowest BCUT2D eigenvalue weighted by atomic mass is 10.2. The molecule has 1 atom stereocenters. The molecule has 2 aliphatic rings. The maximum absolute atomic E-state index is 14.0. The molecule has 2 heterocycles. The first-order valence-electron chi connectivity index (χ1n) is 11.3. The first-order chi connectivity index (χ1) is 17.6. The summed E-state index contributed by atoms with van der Waals surface area (Å²) in [5, 5.41) is 6.58. The van der Waals surface area contributed by atoms with Crippen LogP contribution in [0.15, 0.2) is 94.9 Å². The number of hydrogen-bond donors (Lipinski definition) is 0. The second kappa shape index (κ2) is 10.1. The molecule has 0 radical (unpaired) electrons. The lowest BCUT2D eigenvalue weighted by Crippen LogP contribution is -2.51. The minimum atomic E-state index is -1.10. The number of hydrazone groups is 1. The van der Waals surface area contributed by atoms with Gasteiger partial charge < -0.3 is 9.47 Å². The predicted octanol–water partition coefficient (Wildman–Crippen LogP) is 5.56. The highest BCUT2D eigenvalue weighted by atomic mass is 32.2. The van der Waals surface area contributed by atoms with Crippen LogP contribution in [0.3, 0.4) is 0 Å². The predicted molar refractivity (Wildman–Crippen MR) is 146 cm³/mol. The van der Waals surface area contributed by atoms with Crippen molar-refractivity contribution in [2.45, 2.75) is 11.3 Å². The van der Waals surface area contributed by atoms with Gasteiger partial charge in [0.1, 0.15) is 5.75 Å². The van der Waals surface area contributed by atoms with Gasteiger partial charge in [-0.15, -0.1) is 0 Å². The number of ether oxygens (including phenoxy) is 2. The summed E-state index contributed by atoms with van der Waals surface area (Å²) in [6.07, 6.45) is 1.85. The Bertz CT molecular complexity index is 1330. The fourth-order valence-electron chi connectivity index (χ4n) is 3.88. The van der Waals surface area contributed by atoms with E-state index >= 15 is 0 Å². The normalized spacial score (nSPS) is 20.2. The van der Waals surface area contributed by atoms with Crippen LogP contribution in [0.5, 0.6) is 5.75 Å². The summed E-state index contributed by atoms with van der Waals surface area (Å²) in [7, 11) is 1.61. The topological polar surface area (TPSA) is 71.4 Å². The van der Waals surface area contributed by atoms with E-state index in [9.17, 15) is 9.59 Å². The number of para-hydroxylation sites is 2. The van der Waals surface area contributed by atoms with Gasteiger partial charge in [0.2, 0.25) is 9.37 Å². The quantitative estimate of drug-likeness (QED) is 0.313. The van der Waals surface area contributed by atoms with Crippen LogP contribution in [0.4, 0.5) is 11.4 Å². The number of amides is 1. The van der Waals surface area contributed by atoms with Crippen molar-refractivity contribution in [3.05, 3.63) is 95.4 Å². The summed E-state index contributed by atoms with van der Waals surface area (Å²) in [6.45, 7) is 1.98. The molecule has 1 fully saturated rings. The van der Waals surface area contributed by atoms with Crippen molar-refractivity contribution in [2.75, 3.05) is 23.6 Å². The van der Waals surface area contributed by atoms with Gasteiger partial charge in [-0.05, 0) is 66.7 Å². The molecule has 0 aliphatic carbocycles. The van der Waals surface area contributed by atoms with E-state index in [1.807, 2.05) is 91.0 Å². The lowest BCUT2D eigenvalue weighted by Gasteiger charge is -2.38. The third-order valence-corrected chi connectivity index (χ3v) is 8.20. The van der Waals surface area contributed by atoms with E-state index in [2.05, 4.69) is 5.10 Å². The molecule has 7 nitrogen and oxygen atoms in total. The van der Waals surface area contributed by atoms with E-state index in [0.29, 0.717) is 10.6 Å². The zero-order valence-electron chi connectivity index (χ0n) is 19.7. The molecule has 0 aromatic heterocycles. The van der Waals surface area contributed by atoms with Crippen molar-refractivity contribution in [2.24, 2.45) is 5.10 Å². The number of carbonyl (C=O) groups excluding carboxylic acids is 2. The smallest absolute Gasteiger partial charge is 0.365 e. The minimum Gasteiger partial charge on any atom is -0.497 e. The maximum atomic E-state index is 14.0. The van der Waals surface area contributed by atoms with Crippen molar-refractivity contribution in [1.82, 2.24) is 0 Å². The van der Waals surface area contributed by atoms with E-state index in [1.54, 1.807) is 23.9 Å². The zero-order chi connectivity index (χ0) is 25.1. The van der Waals surface area contributed by atoms with Gasteiger partial charge in [0.05, 0.1) is 24.3 Å². The molecule has 3 aromatic rings. The van der Waals surface area contributed by atoms with Crippen molar-refractivity contribution < 1.29 is 19.1 Å². The number of anilines is 2. The number of nitrogens with zero attached hydrogens (tertiary/aromatic N) is 3. The number of carbonyl (C=O) groups is 2. The van der Waals surface area contributed by atoms with Gasteiger partial charge in [-0.25, -0.2) is 9.80 Å². The first kappa shape index (κ1) is 24.0. The Kier molecular flexibility index (Phi) is 6.75. The van der Waals surface area contributed by atoms with E-state index in [4.69, 9.17) is 9.47 Å². The van der Waals surface area contributed by atoms with Gasteiger partial charge in [0.15, 0.2) is 0 Å². The monoisotopic (exact) mass is 517 g/mol. The van der Waals surface area contributed by atoms with Gasteiger partial charge in [-0.1, -0.05) is 60.3 Å². The standard InChI is InChI=1S/C27H23N3O4S2/c1-3-34-26(32)24-28-30(21-12-8-5-9-13-21)27(36-24)29(20-10-6-4-7-11-20)25(31)23(35-27)18-19-14-16-22(33-2)17-15-19/h4-18H,3H2,1-2H3/b23-18-. The Hall–Kier alpha value is -3.69. The van der Waals surface area contributed by atoms with E-state index in [-0.39, 0.29) is 17.6 Å². The fourth-order valence-corrected chi connectivity index (χ4v) is 6.76. The molecular formula is C27H23N3O4S2. The highest BCUT2D eigenvalue weighted by molar-refractivity contribution is 8.29. The van der Waals surface area contributed by atoms with E-state index < -0.39 is 10.3 Å². The summed E-state index contributed by atoms with van der Waals surface area (Å²) < 4.78 is 9.43. The largest absolute Gasteiger partial charge is 0.497 e. The number of methoxy groups -OCH3 is 1. The van der Waals surface area contributed by atoms with Crippen LogP contribution in [0.1, 0.15) is 12.5 Å². The number of hydrogen-bond acceptors (Lipinski definition) is 8. The Morgan fingerprint density at radius 3 is 2.19 bits per heavy atom. The summed E-state index contributed by atoms with van der Waals surface area (Å²) in [6, 6.07) is 26.4. The lowest BCUT2D eigenvalue weighted by molar-refractivity contribution is -0.134. The van der Waals surface area contributed by atoms with Crippen LogP contribution in [0, 0.1) is 0 Å². The molecule has 3 aromatic carbocycles. The van der Waals surface area contributed by atoms with Crippen LogP contribution in [0.25, 0.3) is 6.08 Å². The molecule has 0 N–H and O–H groups in total. The highest BCUT2D eigenvalue weighted by Crippen LogP contribution is 2.59. The van der Waals surface area contributed by atoms with Crippen molar-refractivity contribution >= 4 is 57.9 Å².